The predicted molar refractivity (Wildman–Crippen MR) is 99.4 cm³/mol. The molecule has 0 aliphatic carbocycles. The van der Waals surface area contributed by atoms with Crippen molar-refractivity contribution in [1.82, 2.24) is 9.88 Å². The number of aromatic nitrogens is 1. The van der Waals surface area contributed by atoms with Crippen LogP contribution >= 0.6 is 0 Å². The van der Waals surface area contributed by atoms with E-state index in [2.05, 4.69) is 26.9 Å². The van der Waals surface area contributed by atoms with E-state index in [-0.39, 0.29) is 5.78 Å². The van der Waals surface area contributed by atoms with Gasteiger partial charge in [-0.3, -0.25) is 14.7 Å². The molecule has 0 bridgehead atoms. The monoisotopic (exact) mass is 339 g/mol. The van der Waals surface area contributed by atoms with Crippen LogP contribution in [0.4, 0.5) is 5.69 Å². The molecule has 0 unspecified atom stereocenters. The van der Waals surface area contributed by atoms with Crippen molar-refractivity contribution in [1.29, 1.82) is 0 Å². The molecule has 0 amide bonds. The highest BCUT2D eigenvalue weighted by Crippen LogP contribution is 2.15. The van der Waals surface area contributed by atoms with E-state index in [1.54, 1.807) is 6.92 Å². The van der Waals surface area contributed by atoms with Gasteiger partial charge >= 0.3 is 0 Å². The van der Waals surface area contributed by atoms with Gasteiger partial charge in [-0.25, -0.2) is 0 Å². The summed E-state index contributed by atoms with van der Waals surface area (Å²) >= 11 is 0. The molecule has 0 saturated carbocycles. The Labute approximate surface area is 149 Å². The number of hydrogen-bond donors (Lipinski definition) is 0. The summed E-state index contributed by atoms with van der Waals surface area (Å²) in [6.07, 6.45) is 4.70. The van der Waals surface area contributed by atoms with Gasteiger partial charge in [-0.05, 0) is 49.7 Å². The Bertz CT molecular complexity index is 665. The number of ketones is 1. The quantitative estimate of drug-likeness (QED) is 0.573. The minimum atomic E-state index is 0.0810. The molecule has 132 valence electrons. The van der Waals surface area contributed by atoms with E-state index in [9.17, 15) is 4.79 Å². The van der Waals surface area contributed by atoms with E-state index < -0.39 is 0 Å². The summed E-state index contributed by atoms with van der Waals surface area (Å²) in [5, 5.41) is 0. The number of nitrogens with zero attached hydrogens (tertiary/aromatic N) is 3. The van der Waals surface area contributed by atoms with Gasteiger partial charge in [-0.2, -0.15) is 0 Å². The van der Waals surface area contributed by atoms with Crippen LogP contribution < -0.4 is 9.64 Å². The van der Waals surface area contributed by atoms with E-state index >= 15 is 0 Å². The molecule has 1 aliphatic rings. The van der Waals surface area contributed by atoms with Crippen molar-refractivity contribution in [2.45, 2.75) is 13.3 Å². The van der Waals surface area contributed by atoms with E-state index in [0.717, 1.165) is 50.5 Å². The molecule has 2 heterocycles. The number of pyridine rings is 1. The molecule has 1 saturated heterocycles. The van der Waals surface area contributed by atoms with Crippen molar-refractivity contribution in [3.8, 4) is 5.75 Å². The second kappa shape index (κ2) is 8.62. The van der Waals surface area contributed by atoms with Crippen LogP contribution in [0.15, 0.2) is 48.8 Å². The van der Waals surface area contributed by atoms with Gasteiger partial charge in [0.25, 0.3) is 0 Å². The van der Waals surface area contributed by atoms with Crippen LogP contribution in [-0.2, 0) is 0 Å². The number of ether oxygens (including phenoxy) is 1. The number of benzene rings is 1. The first-order valence-electron chi connectivity index (χ1n) is 8.83. The maximum Gasteiger partial charge on any atom is 0.159 e. The molecule has 1 fully saturated rings. The Kier molecular flexibility index (Phi) is 6.01. The minimum Gasteiger partial charge on any atom is -0.494 e. The molecule has 3 rings (SSSR count). The summed E-state index contributed by atoms with van der Waals surface area (Å²) in [5.41, 5.74) is 1.98. The Balaban J connectivity index is 1.34. The molecule has 0 N–H and O–H groups in total. The highest BCUT2D eigenvalue weighted by atomic mass is 16.5. The maximum absolute atomic E-state index is 11.3. The van der Waals surface area contributed by atoms with Crippen molar-refractivity contribution in [3.05, 3.63) is 54.4 Å². The van der Waals surface area contributed by atoms with Crippen molar-refractivity contribution in [2.24, 2.45) is 0 Å². The van der Waals surface area contributed by atoms with E-state index in [1.165, 1.54) is 5.69 Å². The lowest BCUT2D eigenvalue weighted by atomic mass is 10.1. The summed E-state index contributed by atoms with van der Waals surface area (Å²) in [6, 6.07) is 11.5. The largest absolute Gasteiger partial charge is 0.494 e. The lowest BCUT2D eigenvalue weighted by molar-refractivity contribution is 0.101. The second-order valence-corrected chi connectivity index (χ2v) is 6.32. The number of carbonyl (C=O) groups is 1. The molecule has 1 aromatic heterocycles. The Hall–Kier alpha value is -2.40. The highest BCUT2D eigenvalue weighted by molar-refractivity contribution is 5.94. The van der Waals surface area contributed by atoms with Crippen LogP contribution in [0.2, 0.25) is 0 Å². The Morgan fingerprint density at radius 1 is 1.04 bits per heavy atom. The smallest absolute Gasteiger partial charge is 0.159 e. The zero-order chi connectivity index (χ0) is 17.5. The fraction of sp³-hybridized carbons (Fsp3) is 0.400. The zero-order valence-corrected chi connectivity index (χ0v) is 14.7. The molecule has 0 spiro atoms. The topological polar surface area (TPSA) is 45.7 Å². The van der Waals surface area contributed by atoms with Gasteiger partial charge < -0.3 is 9.64 Å². The molecule has 25 heavy (non-hydrogen) atoms. The van der Waals surface area contributed by atoms with Gasteiger partial charge in [0.05, 0.1) is 6.61 Å². The average molecular weight is 339 g/mol. The second-order valence-electron chi connectivity index (χ2n) is 6.32. The predicted octanol–water partition coefficient (Wildman–Crippen LogP) is 2.88. The highest BCUT2D eigenvalue weighted by Gasteiger charge is 2.16. The zero-order valence-electron chi connectivity index (χ0n) is 14.7. The van der Waals surface area contributed by atoms with Gasteiger partial charge in [-0.1, -0.05) is 0 Å². The Morgan fingerprint density at radius 3 is 2.36 bits per heavy atom. The Morgan fingerprint density at radius 2 is 1.72 bits per heavy atom. The van der Waals surface area contributed by atoms with E-state index in [1.807, 2.05) is 36.7 Å². The van der Waals surface area contributed by atoms with Gasteiger partial charge in [0.2, 0.25) is 0 Å². The van der Waals surface area contributed by atoms with Gasteiger partial charge in [0, 0.05) is 56.4 Å². The van der Waals surface area contributed by atoms with Crippen LogP contribution in [0.3, 0.4) is 0 Å². The van der Waals surface area contributed by atoms with Crippen LogP contribution in [0.25, 0.3) is 0 Å². The number of carbonyl (C=O) groups excluding carboxylic acids is 1. The molecule has 0 radical (unpaired) electrons. The van der Waals surface area contributed by atoms with Crippen molar-refractivity contribution < 1.29 is 9.53 Å². The van der Waals surface area contributed by atoms with Gasteiger partial charge in [-0.15, -0.1) is 0 Å². The molecule has 5 heteroatoms. The van der Waals surface area contributed by atoms with E-state index in [4.69, 9.17) is 4.74 Å². The number of rotatable bonds is 7. The number of piperazine rings is 1. The first kappa shape index (κ1) is 17.4. The normalized spacial score (nSPS) is 15.2. The summed E-state index contributed by atoms with van der Waals surface area (Å²) in [4.78, 5) is 20.2. The fourth-order valence-electron chi connectivity index (χ4n) is 3.05. The average Bonchev–Trinajstić information content (AvgIpc) is 2.67. The molecule has 1 aliphatic heterocycles. The van der Waals surface area contributed by atoms with Gasteiger partial charge in [0.15, 0.2) is 5.78 Å². The van der Waals surface area contributed by atoms with Crippen LogP contribution in [0, 0.1) is 0 Å². The SMILES string of the molecule is CC(=O)c1ccc(OCCCN2CCN(c3ccncc3)CC2)cc1. The molecular formula is C20H25N3O2. The third kappa shape index (κ3) is 5.03. The summed E-state index contributed by atoms with van der Waals surface area (Å²) < 4.78 is 5.77. The lowest BCUT2D eigenvalue weighted by Gasteiger charge is -2.36. The molecule has 5 nitrogen and oxygen atoms in total. The maximum atomic E-state index is 11.3. The third-order valence-electron chi connectivity index (χ3n) is 4.55. The minimum absolute atomic E-state index is 0.0810. The van der Waals surface area contributed by atoms with Crippen LogP contribution in [0.1, 0.15) is 23.7 Å². The van der Waals surface area contributed by atoms with Crippen molar-refractivity contribution in [3.63, 3.8) is 0 Å². The fourth-order valence-corrected chi connectivity index (χ4v) is 3.05. The lowest BCUT2D eigenvalue weighted by Crippen LogP contribution is -2.46. The van der Waals surface area contributed by atoms with E-state index in [0.29, 0.717) is 6.61 Å². The summed E-state index contributed by atoms with van der Waals surface area (Å²) in [5.74, 6) is 0.907. The van der Waals surface area contributed by atoms with Crippen LogP contribution in [-0.4, -0.2) is 55.0 Å². The number of hydrogen-bond acceptors (Lipinski definition) is 5. The van der Waals surface area contributed by atoms with Crippen molar-refractivity contribution in [2.75, 3.05) is 44.2 Å². The summed E-state index contributed by atoms with van der Waals surface area (Å²) in [6.45, 7) is 7.59. The molecule has 2 aromatic rings. The summed E-state index contributed by atoms with van der Waals surface area (Å²) in [7, 11) is 0. The van der Waals surface area contributed by atoms with Gasteiger partial charge in [0.1, 0.15) is 5.75 Å². The van der Waals surface area contributed by atoms with Crippen molar-refractivity contribution >= 4 is 11.5 Å². The molecule has 1 aromatic carbocycles. The van der Waals surface area contributed by atoms with Crippen LogP contribution in [0.5, 0.6) is 5.75 Å². The third-order valence-corrected chi connectivity index (χ3v) is 4.55. The number of Topliss-reactive ketones (excluding diaryl/α,β-unsaturated/α-hetero) is 1. The standard InChI is InChI=1S/C20H25N3O2/c1-17(24)18-3-5-20(6-4-18)25-16-2-11-22-12-14-23(15-13-22)19-7-9-21-10-8-19/h3-10H,2,11-16H2,1H3. The molecule has 0 atom stereocenters. The molecular weight excluding hydrogens is 314 g/mol. The first-order valence-corrected chi connectivity index (χ1v) is 8.83. The number of anilines is 1. The first-order chi connectivity index (χ1) is 12.2.